The third-order valence-electron chi connectivity index (χ3n) is 6.90. The van der Waals surface area contributed by atoms with Gasteiger partial charge in [0.25, 0.3) is 5.56 Å². The number of imidazole rings is 1. The Labute approximate surface area is 246 Å². The minimum Gasteiger partial charge on any atom is -0.394 e. The molecule has 6 heterocycles. The summed E-state index contributed by atoms with van der Waals surface area (Å²) < 4.78 is 46.2. The third kappa shape index (κ3) is 6.21. The van der Waals surface area contributed by atoms with E-state index in [1.54, 1.807) is 12.3 Å². The highest BCUT2D eigenvalue weighted by Crippen LogP contribution is 2.50. The smallest absolute Gasteiger partial charge is 0.394 e. The molecule has 4 aromatic heterocycles. The second kappa shape index (κ2) is 12.9. The quantitative estimate of drug-likeness (QED) is 0.0978. The van der Waals surface area contributed by atoms with Gasteiger partial charge in [-0.15, -0.1) is 0 Å². The zero-order valence-corrected chi connectivity index (χ0v) is 24.1. The fraction of sp³-hybridized carbons (Fsp3) is 0.476. The number of nitrogens with zero attached hydrogens (tertiary/aromatic N) is 6. The SMILES string of the molecule is Nc1nc2c(ncn2[C@@H]2O[C@H](CO)C[C@H]2OP(=O)(O)OC[C@H]2O[C@@H](n3ccc4c(N)ncnc43)[C@H](O)[C@@H]2O)c(=O)[nH]1.O=PO. The first kappa shape index (κ1) is 31.9. The van der Waals surface area contributed by atoms with Crippen molar-refractivity contribution in [1.82, 2.24) is 34.1 Å². The minimum absolute atomic E-state index is 0.0253. The number of phosphoric acid groups is 1. The predicted octanol–water partition coefficient (Wildman–Crippen LogP) is -1.68. The van der Waals surface area contributed by atoms with Gasteiger partial charge >= 0.3 is 16.5 Å². The van der Waals surface area contributed by atoms with Crippen LogP contribution in [0.4, 0.5) is 11.8 Å². The normalized spacial score (nSPS) is 28.3. The van der Waals surface area contributed by atoms with E-state index in [9.17, 15) is 29.6 Å². The van der Waals surface area contributed by atoms with Crippen LogP contribution in [0.3, 0.4) is 0 Å². The van der Waals surface area contributed by atoms with Gasteiger partial charge in [-0.2, -0.15) is 4.98 Å². The molecule has 0 spiro atoms. The molecule has 0 amide bonds. The van der Waals surface area contributed by atoms with Crippen LogP contribution in [0.15, 0.2) is 29.7 Å². The van der Waals surface area contributed by atoms with Crippen molar-refractivity contribution in [2.75, 3.05) is 24.7 Å². The number of aliphatic hydroxyl groups excluding tert-OH is 3. The summed E-state index contributed by atoms with van der Waals surface area (Å²) in [4.78, 5) is 48.1. The summed E-state index contributed by atoms with van der Waals surface area (Å²) in [7, 11) is -5.68. The van der Waals surface area contributed by atoms with Crippen LogP contribution in [0.2, 0.25) is 0 Å². The molecule has 21 nitrogen and oxygen atoms in total. The van der Waals surface area contributed by atoms with Gasteiger partial charge in [0, 0.05) is 12.6 Å². The molecular formula is C21H27N9O12P2. The Morgan fingerprint density at radius 2 is 1.89 bits per heavy atom. The number of aliphatic hydroxyl groups is 3. The fourth-order valence-corrected chi connectivity index (χ4v) is 5.89. The van der Waals surface area contributed by atoms with Crippen molar-refractivity contribution in [1.29, 1.82) is 0 Å². The number of aromatic amines is 1. The van der Waals surface area contributed by atoms with Gasteiger partial charge in [-0.25, -0.2) is 24.1 Å². The standard InChI is InChI=1S/C21H26N9O10P.HO2P/c22-15-9-1-2-29(16(9)25-6-24-15)20-14(33)13(32)11(39-20)5-37-41(35,36)40-10-3-8(4-31)38-19(10)30-7-26-12-17(30)27-21(23)28-18(12)34;1-3-2/h1-2,6-8,10-11,13-14,19-20,31-33H,3-5H2,(H,35,36)(H2,22,24,25)(H3,23,27,28,34);(H,1,2)/t8-,10+,11+,13+,14+,19+,20+;/m0./s1. The summed E-state index contributed by atoms with van der Waals surface area (Å²) >= 11 is 0. The zero-order chi connectivity index (χ0) is 31.8. The summed E-state index contributed by atoms with van der Waals surface area (Å²) in [6.45, 7) is -1.07. The fourth-order valence-electron chi connectivity index (χ4n) is 4.96. The molecule has 2 aliphatic heterocycles. The van der Waals surface area contributed by atoms with Gasteiger partial charge in [-0.3, -0.25) is 23.4 Å². The van der Waals surface area contributed by atoms with Crippen molar-refractivity contribution in [2.24, 2.45) is 0 Å². The van der Waals surface area contributed by atoms with Gasteiger partial charge in [-0.05, 0) is 6.07 Å². The molecule has 8 atom stereocenters. The third-order valence-corrected chi connectivity index (χ3v) is 7.91. The highest BCUT2D eigenvalue weighted by atomic mass is 31.2. The molecule has 2 fully saturated rings. The number of H-pyrrole nitrogens is 1. The van der Waals surface area contributed by atoms with Crippen LogP contribution in [-0.4, -0.2) is 103 Å². The van der Waals surface area contributed by atoms with Crippen molar-refractivity contribution < 1.29 is 52.8 Å². The maximum atomic E-state index is 13.0. The Bertz CT molecular complexity index is 1750. The van der Waals surface area contributed by atoms with Crippen LogP contribution in [0.1, 0.15) is 18.9 Å². The monoisotopic (exact) mass is 659 g/mol. The van der Waals surface area contributed by atoms with E-state index < -0.39 is 78.3 Å². The molecule has 0 bridgehead atoms. The van der Waals surface area contributed by atoms with Crippen LogP contribution in [0, 0.1) is 0 Å². The van der Waals surface area contributed by atoms with E-state index in [1.165, 1.54) is 21.8 Å². The second-order valence-electron chi connectivity index (χ2n) is 9.60. The maximum Gasteiger partial charge on any atom is 0.472 e. The average Bonchev–Trinajstić information content (AvgIpc) is 3.74. The topological polar surface area (TPSA) is 319 Å². The number of nitrogen functional groups attached to an aromatic ring is 2. The van der Waals surface area contributed by atoms with E-state index >= 15 is 0 Å². The number of nitrogens with two attached hydrogens (primary N) is 2. The largest absolute Gasteiger partial charge is 0.472 e. The Kier molecular flexibility index (Phi) is 9.35. The zero-order valence-electron chi connectivity index (χ0n) is 22.3. The number of ether oxygens (including phenoxy) is 2. The Hall–Kier alpha value is -3.46. The van der Waals surface area contributed by atoms with Crippen molar-refractivity contribution in [2.45, 2.75) is 49.4 Å². The maximum absolute atomic E-state index is 13.0. The number of aromatic nitrogens is 7. The van der Waals surface area contributed by atoms with E-state index in [0.717, 1.165) is 0 Å². The Morgan fingerprint density at radius 1 is 1.14 bits per heavy atom. The van der Waals surface area contributed by atoms with Gasteiger partial charge in [0.05, 0.1) is 31.0 Å². The van der Waals surface area contributed by atoms with Crippen LogP contribution in [0.25, 0.3) is 22.2 Å². The van der Waals surface area contributed by atoms with Gasteiger partial charge in [0.1, 0.15) is 42.2 Å². The molecule has 44 heavy (non-hydrogen) atoms. The molecule has 23 heteroatoms. The summed E-state index contributed by atoms with van der Waals surface area (Å²) in [5.41, 5.74) is 11.2. The van der Waals surface area contributed by atoms with Crippen LogP contribution in [0.5, 0.6) is 0 Å². The molecule has 0 aromatic carbocycles. The molecule has 0 saturated carbocycles. The summed E-state index contributed by atoms with van der Waals surface area (Å²) in [5.74, 6) is 0.0291. The molecule has 2 saturated heterocycles. The lowest BCUT2D eigenvalue weighted by atomic mass is 10.1. The number of phosphoric ester groups is 1. The first-order valence-corrected chi connectivity index (χ1v) is 14.9. The molecule has 1 unspecified atom stereocenters. The van der Waals surface area contributed by atoms with Crippen LogP contribution < -0.4 is 17.0 Å². The van der Waals surface area contributed by atoms with Crippen molar-refractivity contribution in [3.8, 4) is 0 Å². The average molecular weight is 659 g/mol. The Morgan fingerprint density at radius 3 is 2.61 bits per heavy atom. The van der Waals surface area contributed by atoms with Crippen LogP contribution in [-0.2, 0) is 27.7 Å². The lowest BCUT2D eigenvalue weighted by Gasteiger charge is -2.23. The van der Waals surface area contributed by atoms with E-state index in [2.05, 4.69) is 24.9 Å². The highest BCUT2D eigenvalue weighted by molar-refractivity contribution is 7.47. The second-order valence-corrected chi connectivity index (χ2v) is 11.2. The molecule has 6 rings (SSSR count). The van der Waals surface area contributed by atoms with E-state index in [4.69, 9.17) is 39.4 Å². The molecule has 10 N–H and O–H groups in total. The molecule has 0 aliphatic carbocycles. The first-order chi connectivity index (χ1) is 21.0. The number of fused-ring (bicyclic) bond motifs is 2. The summed E-state index contributed by atoms with van der Waals surface area (Å²) in [6.07, 6.45) is -4.37. The van der Waals surface area contributed by atoms with E-state index in [1.807, 2.05) is 0 Å². The molecule has 2 aliphatic rings. The van der Waals surface area contributed by atoms with Gasteiger partial charge in [0.2, 0.25) is 5.95 Å². The number of hydrogen-bond acceptors (Lipinski definition) is 16. The van der Waals surface area contributed by atoms with Crippen LogP contribution >= 0.6 is 16.5 Å². The molecule has 238 valence electrons. The Balaban J connectivity index is 0.00000123. The van der Waals surface area contributed by atoms with Gasteiger partial charge < -0.3 is 50.6 Å². The first-order valence-electron chi connectivity index (χ1n) is 12.7. The van der Waals surface area contributed by atoms with Gasteiger partial charge in [-0.1, -0.05) is 0 Å². The lowest BCUT2D eigenvalue weighted by molar-refractivity contribution is -0.0614. The van der Waals surface area contributed by atoms with Crippen molar-refractivity contribution in [3.63, 3.8) is 0 Å². The van der Waals surface area contributed by atoms with Crippen molar-refractivity contribution in [3.05, 3.63) is 35.3 Å². The molecular weight excluding hydrogens is 632 g/mol. The lowest BCUT2D eigenvalue weighted by Crippen LogP contribution is -2.33. The number of rotatable bonds is 8. The highest BCUT2D eigenvalue weighted by Gasteiger charge is 2.47. The predicted molar refractivity (Wildman–Crippen MR) is 147 cm³/mol. The van der Waals surface area contributed by atoms with Gasteiger partial charge in [0.15, 0.2) is 23.6 Å². The summed E-state index contributed by atoms with van der Waals surface area (Å²) in [6, 6.07) is 1.62. The van der Waals surface area contributed by atoms with E-state index in [0.29, 0.717) is 11.0 Å². The van der Waals surface area contributed by atoms with E-state index in [-0.39, 0.29) is 29.4 Å². The molecule has 4 aromatic rings. The number of nitrogens with one attached hydrogen (secondary N) is 1. The minimum atomic E-state index is -4.85. The summed E-state index contributed by atoms with van der Waals surface area (Å²) in [5, 5.41) is 31.4. The molecule has 0 radical (unpaired) electrons. The number of hydrogen-bond donors (Lipinski definition) is 8. The van der Waals surface area contributed by atoms with Crippen molar-refractivity contribution >= 4 is 50.5 Å². The number of anilines is 2.